The molecule has 0 aliphatic heterocycles. The number of anilines is 1. The quantitative estimate of drug-likeness (QED) is 0.444. The first kappa shape index (κ1) is 10.3. The van der Waals surface area contributed by atoms with Gasteiger partial charge in [-0.15, -0.1) is 11.8 Å². The summed E-state index contributed by atoms with van der Waals surface area (Å²) in [5.41, 5.74) is 6.21. The Balaban J connectivity index is 2.59. The van der Waals surface area contributed by atoms with E-state index in [1.54, 1.807) is 6.07 Å². The first-order valence-corrected chi connectivity index (χ1v) is 5.01. The minimum atomic E-state index is -0.277. The van der Waals surface area contributed by atoms with Crippen LogP contribution in [0, 0.1) is 5.82 Å². The Morgan fingerprint density at radius 3 is 2.92 bits per heavy atom. The molecule has 0 saturated carbocycles. The first-order chi connectivity index (χ1) is 6.24. The number of nitrogens with two attached hydrogens (primary N) is 1. The van der Waals surface area contributed by atoms with E-state index in [0.717, 1.165) is 10.6 Å². The molecule has 1 aromatic carbocycles. The van der Waals surface area contributed by atoms with E-state index in [-0.39, 0.29) is 12.4 Å². The molecule has 3 N–H and O–H groups in total. The summed E-state index contributed by atoms with van der Waals surface area (Å²) in [7, 11) is 0. The minimum absolute atomic E-state index is 0.155. The van der Waals surface area contributed by atoms with Crippen molar-refractivity contribution in [3.63, 3.8) is 0 Å². The van der Waals surface area contributed by atoms with Crippen LogP contribution in [-0.2, 0) is 0 Å². The summed E-state index contributed by atoms with van der Waals surface area (Å²) in [5.74, 6) is 0.477. The standard InChI is InChI=1S/C9H12FNOS/c10-7-2-3-8(11)9(6-7)13-5-1-4-12/h2-3,6,12H,1,4-5,11H2. The van der Waals surface area contributed by atoms with Gasteiger partial charge in [0.2, 0.25) is 0 Å². The normalized spacial score (nSPS) is 10.3. The molecule has 0 spiro atoms. The molecule has 0 bridgehead atoms. The molecule has 0 atom stereocenters. The second kappa shape index (κ2) is 5.09. The maximum atomic E-state index is 12.7. The number of benzene rings is 1. The van der Waals surface area contributed by atoms with Crippen LogP contribution in [-0.4, -0.2) is 17.5 Å². The van der Waals surface area contributed by atoms with Gasteiger partial charge in [-0.25, -0.2) is 4.39 Å². The first-order valence-electron chi connectivity index (χ1n) is 4.02. The van der Waals surface area contributed by atoms with Gasteiger partial charge in [0.05, 0.1) is 0 Å². The van der Waals surface area contributed by atoms with Crippen molar-refractivity contribution in [2.24, 2.45) is 0 Å². The molecule has 0 fully saturated rings. The number of hydrogen-bond donors (Lipinski definition) is 2. The summed E-state index contributed by atoms with van der Waals surface area (Å²) in [4.78, 5) is 0.744. The smallest absolute Gasteiger partial charge is 0.124 e. The molecule has 13 heavy (non-hydrogen) atoms. The molecule has 0 aliphatic rings. The summed E-state index contributed by atoms with van der Waals surface area (Å²) in [6, 6.07) is 4.30. The van der Waals surface area contributed by atoms with E-state index in [4.69, 9.17) is 10.8 Å². The Bertz CT molecular complexity index is 280. The Labute approximate surface area is 80.9 Å². The summed E-state index contributed by atoms with van der Waals surface area (Å²) >= 11 is 1.46. The average Bonchev–Trinajstić information content (AvgIpc) is 2.11. The average molecular weight is 201 g/mol. The zero-order valence-corrected chi connectivity index (χ0v) is 7.98. The second-order valence-corrected chi connectivity index (χ2v) is 3.74. The molecule has 0 unspecified atom stereocenters. The molecule has 0 saturated heterocycles. The Morgan fingerprint density at radius 1 is 1.46 bits per heavy atom. The molecule has 0 amide bonds. The number of aliphatic hydroxyl groups is 1. The Hall–Kier alpha value is -0.740. The van der Waals surface area contributed by atoms with Gasteiger partial charge >= 0.3 is 0 Å². The third kappa shape index (κ3) is 3.24. The van der Waals surface area contributed by atoms with E-state index in [2.05, 4.69) is 0 Å². The highest BCUT2D eigenvalue weighted by molar-refractivity contribution is 7.99. The lowest BCUT2D eigenvalue weighted by Crippen LogP contribution is -1.91. The van der Waals surface area contributed by atoms with Gasteiger partial charge in [0.15, 0.2) is 0 Å². The second-order valence-electron chi connectivity index (χ2n) is 2.61. The van der Waals surface area contributed by atoms with Crippen molar-refractivity contribution in [3.8, 4) is 0 Å². The van der Waals surface area contributed by atoms with Crippen LogP contribution in [0.5, 0.6) is 0 Å². The predicted octanol–water partition coefficient (Wildman–Crippen LogP) is 1.88. The zero-order chi connectivity index (χ0) is 9.68. The van der Waals surface area contributed by atoms with Crippen LogP contribution in [0.15, 0.2) is 23.1 Å². The van der Waals surface area contributed by atoms with Crippen LogP contribution in [0.2, 0.25) is 0 Å². The number of rotatable bonds is 4. The zero-order valence-electron chi connectivity index (χ0n) is 7.16. The molecule has 2 nitrogen and oxygen atoms in total. The number of nitrogen functional groups attached to an aromatic ring is 1. The maximum Gasteiger partial charge on any atom is 0.124 e. The maximum absolute atomic E-state index is 12.7. The highest BCUT2D eigenvalue weighted by atomic mass is 32.2. The Kier molecular flexibility index (Phi) is 4.05. The van der Waals surface area contributed by atoms with Crippen LogP contribution in [0.25, 0.3) is 0 Å². The Morgan fingerprint density at radius 2 is 2.23 bits per heavy atom. The van der Waals surface area contributed by atoms with Gasteiger partial charge in [0, 0.05) is 22.9 Å². The van der Waals surface area contributed by atoms with Crippen LogP contribution in [0.4, 0.5) is 10.1 Å². The fourth-order valence-corrected chi connectivity index (χ4v) is 1.80. The minimum Gasteiger partial charge on any atom is -0.398 e. The molecule has 0 aliphatic carbocycles. The fourth-order valence-electron chi connectivity index (χ4n) is 0.880. The number of halogens is 1. The van der Waals surface area contributed by atoms with Crippen molar-refractivity contribution < 1.29 is 9.50 Å². The summed E-state index contributed by atoms with van der Waals surface area (Å²) in [6.45, 7) is 0.155. The number of aliphatic hydroxyl groups excluding tert-OH is 1. The highest BCUT2D eigenvalue weighted by Crippen LogP contribution is 2.25. The van der Waals surface area contributed by atoms with E-state index < -0.39 is 0 Å². The van der Waals surface area contributed by atoms with Gasteiger partial charge in [-0.05, 0) is 24.6 Å². The lowest BCUT2D eigenvalue weighted by Gasteiger charge is -2.03. The van der Waals surface area contributed by atoms with Crippen molar-refractivity contribution in [3.05, 3.63) is 24.0 Å². The fraction of sp³-hybridized carbons (Fsp3) is 0.333. The van der Waals surface area contributed by atoms with Gasteiger partial charge in [-0.2, -0.15) is 0 Å². The predicted molar refractivity (Wildman–Crippen MR) is 53.2 cm³/mol. The largest absolute Gasteiger partial charge is 0.398 e. The molecule has 0 heterocycles. The summed E-state index contributed by atoms with van der Waals surface area (Å²) in [6.07, 6.45) is 0.695. The van der Waals surface area contributed by atoms with Gasteiger partial charge < -0.3 is 10.8 Å². The molecular weight excluding hydrogens is 189 g/mol. The third-order valence-corrected chi connectivity index (χ3v) is 2.69. The molecule has 0 aromatic heterocycles. The highest BCUT2D eigenvalue weighted by Gasteiger charge is 2.00. The lowest BCUT2D eigenvalue weighted by atomic mass is 10.3. The number of thioether (sulfide) groups is 1. The molecule has 1 aromatic rings. The summed E-state index contributed by atoms with van der Waals surface area (Å²) in [5, 5.41) is 8.55. The van der Waals surface area contributed by atoms with Crippen molar-refractivity contribution in [2.45, 2.75) is 11.3 Å². The molecule has 0 radical (unpaired) electrons. The van der Waals surface area contributed by atoms with Crippen molar-refractivity contribution in [1.29, 1.82) is 0 Å². The van der Waals surface area contributed by atoms with Gasteiger partial charge in [0.25, 0.3) is 0 Å². The van der Waals surface area contributed by atoms with E-state index >= 15 is 0 Å². The number of hydrogen-bond acceptors (Lipinski definition) is 3. The van der Waals surface area contributed by atoms with Crippen LogP contribution in [0.3, 0.4) is 0 Å². The SMILES string of the molecule is Nc1ccc(F)cc1SCCCO. The topological polar surface area (TPSA) is 46.2 Å². The van der Waals surface area contributed by atoms with E-state index in [1.165, 1.54) is 23.9 Å². The lowest BCUT2D eigenvalue weighted by molar-refractivity contribution is 0.296. The van der Waals surface area contributed by atoms with Crippen molar-refractivity contribution in [2.75, 3.05) is 18.1 Å². The molecule has 4 heteroatoms. The van der Waals surface area contributed by atoms with E-state index in [9.17, 15) is 4.39 Å². The molecule has 1 rings (SSSR count). The van der Waals surface area contributed by atoms with E-state index in [0.29, 0.717) is 12.1 Å². The van der Waals surface area contributed by atoms with Crippen LogP contribution in [0.1, 0.15) is 6.42 Å². The van der Waals surface area contributed by atoms with Crippen LogP contribution >= 0.6 is 11.8 Å². The van der Waals surface area contributed by atoms with Gasteiger partial charge in [-0.3, -0.25) is 0 Å². The van der Waals surface area contributed by atoms with Gasteiger partial charge in [-0.1, -0.05) is 0 Å². The van der Waals surface area contributed by atoms with Crippen molar-refractivity contribution in [1.82, 2.24) is 0 Å². The van der Waals surface area contributed by atoms with Crippen molar-refractivity contribution >= 4 is 17.4 Å². The van der Waals surface area contributed by atoms with Crippen LogP contribution < -0.4 is 5.73 Å². The van der Waals surface area contributed by atoms with E-state index in [1.807, 2.05) is 0 Å². The molecule has 72 valence electrons. The van der Waals surface area contributed by atoms with Gasteiger partial charge in [0.1, 0.15) is 5.82 Å². The monoisotopic (exact) mass is 201 g/mol. The summed E-state index contributed by atoms with van der Waals surface area (Å²) < 4.78 is 12.7. The molecular formula is C9H12FNOS. The third-order valence-electron chi connectivity index (χ3n) is 1.54.